The fourth-order valence-corrected chi connectivity index (χ4v) is 5.26. The summed E-state index contributed by atoms with van der Waals surface area (Å²) in [6.07, 6.45) is 0. The third kappa shape index (κ3) is 8.92. The molecule has 0 fully saturated rings. The van der Waals surface area contributed by atoms with Gasteiger partial charge in [0, 0.05) is 0 Å². The summed E-state index contributed by atoms with van der Waals surface area (Å²) < 4.78 is 0. The number of hydrogen-bond donors (Lipinski definition) is 0. The van der Waals surface area contributed by atoms with Crippen LogP contribution in [0.25, 0.3) is 0 Å². The molecule has 3 aromatic carbocycles. The molecule has 5 heteroatoms. The number of rotatable bonds is 5. The van der Waals surface area contributed by atoms with Crippen molar-refractivity contribution >= 4 is 49.3 Å². The maximum Gasteiger partial charge on any atom is -0.0134 e. The van der Waals surface area contributed by atoms with E-state index in [1.165, 1.54) is 15.9 Å². The normalized spacial score (nSPS) is 11.2. The van der Waals surface area contributed by atoms with E-state index in [2.05, 4.69) is 142 Å². The minimum absolute atomic E-state index is 0.446. The van der Waals surface area contributed by atoms with Gasteiger partial charge in [-0.25, -0.2) is 0 Å². The molecule has 3 rings (SSSR count). The van der Waals surface area contributed by atoms with E-state index >= 15 is 0 Å². The number of nitrogens with zero attached hydrogens (tertiary/aromatic N) is 1. The quantitative estimate of drug-likeness (QED) is 0.285. The Morgan fingerprint density at radius 1 is 0.750 bits per heavy atom. The van der Waals surface area contributed by atoms with E-state index in [1.54, 1.807) is 18.8 Å². The number of benzene rings is 3. The average Bonchev–Trinajstić information content (AvgIpc) is 2.77. The van der Waals surface area contributed by atoms with Crippen molar-refractivity contribution in [3.05, 3.63) is 91.0 Å². The Bertz CT molecular complexity index is 650. The first-order valence-corrected chi connectivity index (χ1v) is 14.3. The molecule has 28 heavy (non-hydrogen) atoms. The van der Waals surface area contributed by atoms with Gasteiger partial charge in [-0.2, -0.15) is 0 Å². The van der Waals surface area contributed by atoms with Gasteiger partial charge in [0.2, 0.25) is 0 Å². The fourth-order valence-electron chi connectivity index (χ4n) is 2.33. The van der Waals surface area contributed by atoms with Crippen molar-refractivity contribution in [2.75, 3.05) is 14.1 Å². The second-order valence-electron chi connectivity index (χ2n) is 6.32. The van der Waals surface area contributed by atoms with Crippen LogP contribution in [0.5, 0.6) is 0 Å². The monoisotopic (exact) mass is 658 g/mol. The van der Waals surface area contributed by atoms with E-state index in [0.29, 0.717) is 6.04 Å². The first-order valence-electron chi connectivity index (χ1n) is 8.95. The van der Waals surface area contributed by atoms with Gasteiger partial charge in [0.1, 0.15) is 0 Å². The van der Waals surface area contributed by atoms with Crippen LogP contribution in [0.4, 0.5) is 0 Å². The Balaban J connectivity index is 0.000000372. The van der Waals surface area contributed by atoms with E-state index in [4.69, 9.17) is 0 Å². The molecule has 0 aromatic heterocycles. The van der Waals surface area contributed by atoms with Gasteiger partial charge in [0.15, 0.2) is 0 Å². The maximum atomic E-state index is 4.61. The molecule has 0 aliphatic heterocycles. The van der Waals surface area contributed by atoms with Crippen molar-refractivity contribution in [1.29, 1.82) is 0 Å². The maximum absolute atomic E-state index is 4.61. The van der Waals surface area contributed by atoms with Crippen molar-refractivity contribution in [1.82, 2.24) is 4.90 Å². The van der Waals surface area contributed by atoms with Crippen LogP contribution >= 0.6 is 17.3 Å². The van der Waals surface area contributed by atoms with Gasteiger partial charge in [-0.1, -0.05) is 91.0 Å². The van der Waals surface area contributed by atoms with Crippen molar-refractivity contribution in [2.45, 2.75) is 18.3 Å². The van der Waals surface area contributed by atoms with Gasteiger partial charge in [0.05, 0.1) is 0 Å². The summed E-state index contributed by atoms with van der Waals surface area (Å²) in [6.45, 7) is 2.19. The van der Waals surface area contributed by atoms with Gasteiger partial charge in [0.25, 0.3) is 0 Å². The molecule has 1 radical (unpaired) electrons. The Labute approximate surface area is 195 Å². The van der Waals surface area contributed by atoms with Crippen molar-refractivity contribution < 1.29 is 18.8 Å². The zero-order valence-electron chi connectivity index (χ0n) is 16.4. The van der Waals surface area contributed by atoms with Crippen molar-refractivity contribution in [3.8, 4) is 0 Å². The SMILES string of the molecule is C[C@@H](C[Se])N(C)C.[Cl][Pt].c1ccc(P(c2ccccc2)c2ccccc2)cc1. The predicted molar refractivity (Wildman–Crippen MR) is 125 cm³/mol. The molecule has 0 heterocycles. The summed E-state index contributed by atoms with van der Waals surface area (Å²) in [5.74, 6) is 0. The molecule has 0 amide bonds. The van der Waals surface area contributed by atoms with Crippen LogP contribution < -0.4 is 15.9 Å². The molecule has 1 atom stereocenters. The van der Waals surface area contributed by atoms with E-state index in [9.17, 15) is 0 Å². The molecular weight excluding hydrogens is 631 g/mol. The second-order valence-corrected chi connectivity index (χ2v) is 9.24. The van der Waals surface area contributed by atoms with Crippen LogP contribution in [0.1, 0.15) is 6.92 Å². The molecule has 0 unspecified atom stereocenters. The Kier molecular flexibility index (Phi) is 14.1. The first-order chi connectivity index (χ1) is 13.6. The molecule has 152 valence electrons. The molecule has 3 aromatic rings. The molecule has 0 saturated heterocycles. The molecule has 0 N–H and O–H groups in total. The summed E-state index contributed by atoms with van der Waals surface area (Å²) in [4.78, 5) is 2.19. The van der Waals surface area contributed by atoms with E-state index in [1.807, 2.05) is 0 Å². The van der Waals surface area contributed by atoms with E-state index in [-0.39, 0.29) is 0 Å². The van der Waals surface area contributed by atoms with Crippen LogP contribution in [0, 0.1) is 0 Å². The van der Waals surface area contributed by atoms with Gasteiger partial charge >= 0.3 is 81.5 Å². The standard InChI is InChI=1S/C18H15P.C5H12NSe.ClH.Pt/c1-4-10-16(11-5-1)19(17-12-6-2-7-13-17)18-14-8-3-9-15-18;1-5(4-7)6(2)3;;/h1-15H;5H,4H2,1-3H3;1H;/q;;;+1/p-1/t;5-;;/m.0../s1. The summed E-state index contributed by atoms with van der Waals surface area (Å²) in [5.41, 5.74) is 0. The average molecular weight is 658 g/mol. The number of halogens is 1. The van der Waals surface area contributed by atoms with E-state index < -0.39 is 7.92 Å². The number of hydrogen-bond acceptors (Lipinski definition) is 1. The fraction of sp³-hybridized carbons (Fsp3) is 0.217. The molecule has 0 bridgehead atoms. The molecule has 0 saturated carbocycles. The van der Waals surface area contributed by atoms with Crippen molar-refractivity contribution in [3.63, 3.8) is 0 Å². The van der Waals surface area contributed by atoms with Gasteiger partial charge in [-0.3, -0.25) is 0 Å². The van der Waals surface area contributed by atoms with Crippen molar-refractivity contribution in [2.24, 2.45) is 0 Å². The Morgan fingerprint density at radius 3 is 1.21 bits per heavy atom. The summed E-state index contributed by atoms with van der Waals surface area (Å²) in [5, 5.41) is 5.31. The Hall–Kier alpha value is -0.452. The largest absolute Gasteiger partial charge is 0.0622 e. The topological polar surface area (TPSA) is 3.24 Å². The third-order valence-electron chi connectivity index (χ3n) is 4.17. The minimum Gasteiger partial charge on any atom is -0.0622 e. The summed E-state index contributed by atoms with van der Waals surface area (Å²) >= 11 is 4.59. The Morgan fingerprint density at radius 2 is 1.04 bits per heavy atom. The zero-order chi connectivity index (χ0) is 20.8. The van der Waals surface area contributed by atoms with Crippen LogP contribution in [0.2, 0.25) is 5.32 Å². The zero-order valence-corrected chi connectivity index (χ0v) is 22.1. The van der Waals surface area contributed by atoms with Crippen LogP contribution in [0.3, 0.4) is 0 Å². The van der Waals surface area contributed by atoms with Gasteiger partial charge in [-0.05, 0) is 23.8 Å². The third-order valence-corrected chi connectivity index (χ3v) is 7.62. The second kappa shape index (κ2) is 15.4. The smallest absolute Gasteiger partial charge is 0.0134 e. The van der Waals surface area contributed by atoms with Gasteiger partial charge < -0.3 is 0 Å². The van der Waals surface area contributed by atoms with E-state index in [0.717, 1.165) is 5.32 Å². The van der Waals surface area contributed by atoms with Crippen LogP contribution in [-0.2, 0) is 18.8 Å². The summed E-state index contributed by atoms with van der Waals surface area (Å²) in [6, 6.07) is 33.0. The molecular formula is C23H27ClNPPtSe. The molecule has 0 aliphatic rings. The molecule has 0 spiro atoms. The van der Waals surface area contributed by atoms with Crippen LogP contribution in [0.15, 0.2) is 91.0 Å². The molecule has 1 nitrogen and oxygen atoms in total. The molecule has 0 aliphatic carbocycles. The van der Waals surface area contributed by atoms with Gasteiger partial charge in [-0.15, -0.1) is 0 Å². The predicted octanol–water partition coefficient (Wildman–Crippen LogP) is 4.66. The summed E-state index contributed by atoms with van der Waals surface area (Å²) in [7, 11) is 8.34. The minimum atomic E-state index is -0.446. The van der Waals surface area contributed by atoms with Crippen LogP contribution in [-0.4, -0.2) is 41.0 Å². The first kappa shape index (κ1) is 25.6.